The van der Waals surface area contributed by atoms with Gasteiger partial charge in [0, 0.05) is 11.3 Å². The van der Waals surface area contributed by atoms with Gasteiger partial charge in [0.25, 0.3) is 0 Å². The molecule has 0 saturated heterocycles. The molecule has 0 aliphatic carbocycles. The standard InChI is InChI=1S/C14H10BrF2NO/c1-7-2-8(4-9(18)3-7)14(19)10-5-13(17)11(15)6-12(10)16/h2-6H,18H2,1H3. The fourth-order valence-electron chi connectivity index (χ4n) is 1.80. The predicted molar refractivity (Wildman–Crippen MR) is 73.1 cm³/mol. The van der Waals surface area contributed by atoms with Crippen molar-refractivity contribution in [2.75, 3.05) is 5.73 Å². The molecule has 0 aromatic heterocycles. The molecular weight excluding hydrogens is 316 g/mol. The normalized spacial score (nSPS) is 10.5. The molecule has 2 aromatic carbocycles. The van der Waals surface area contributed by atoms with Crippen molar-refractivity contribution in [2.24, 2.45) is 0 Å². The lowest BCUT2D eigenvalue weighted by Crippen LogP contribution is -2.06. The average Bonchev–Trinajstić information content (AvgIpc) is 2.31. The van der Waals surface area contributed by atoms with E-state index >= 15 is 0 Å². The highest BCUT2D eigenvalue weighted by molar-refractivity contribution is 9.10. The molecule has 0 radical (unpaired) electrons. The number of ketones is 1. The number of nitrogen functional groups attached to an aromatic ring is 1. The van der Waals surface area contributed by atoms with Crippen LogP contribution in [0.3, 0.4) is 0 Å². The Labute approximate surface area is 117 Å². The Morgan fingerprint density at radius 2 is 1.79 bits per heavy atom. The van der Waals surface area contributed by atoms with Gasteiger partial charge in [0.2, 0.25) is 0 Å². The lowest BCUT2D eigenvalue weighted by molar-refractivity contribution is 0.103. The van der Waals surface area contributed by atoms with Crippen LogP contribution in [0.4, 0.5) is 14.5 Å². The van der Waals surface area contributed by atoms with Crippen LogP contribution in [0.2, 0.25) is 0 Å². The van der Waals surface area contributed by atoms with E-state index in [1.54, 1.807) is 19.1 Å². The first-order chi connectivity index (χ1) is 8.88. The SMILES string of the molecule is Cc1cc(N)cc(C(=O)c2cc(F)c(Br)cc2F)c1. The molecule has 0 heterocycles. The van der Waals surface area contributed by atoms with Gasteiger partial charge in [0.15, 0.2) is 5.78 Å². The van der Waals surface area contributed by atoms with Crippen LogP contribution >= 0.6 is 15.9 Å². The molecule has 0 amide bonds. The first-order valence-electron chi connectivity index (χ1n) is 5.45. The number of hydrogen-bond acceptors (Lipinski definition) is 2. The van der Waals surface area contributed by atoms with E-state index in [1.165, 1.54) is 6.07 Å². The van der Waals surface area contributed by atoms with Gasteiger partial charge >= 0.3 is 0 Å². The third kappa shape index (κ3) is 2.81. The van der Waals surface area contributed by atoms with Gasteiger partial charge in [-0.15, -0.1) is 0 Å². The minimum absolute atomic E-state index is 0.0229. The molecule has 2 N–H and O–H groups in total. The Morgan fingerprint density at radius 1 is 1.11 bits per heavy atom. The molecule has 0 aliphatic heterocycles. The molecule has 5 heteroatoms. The summed E-state index contributed by atoms with van der Waals surface area (Å²) in [5.74, 6) is -2.07. The summed E-state index contributed by atoms with van der Waals surface area (Å²) in [5.41, 5.74) is 6.74. The van der Waals surface area contributed by atoms with Crippen molar-refractivity contribution in [3.8, 4) is 0 Å². The number of benzene rings is 2. The minimum atomic E-state index is -0.779. The second kappa shape index (κ2) is 5.09. The summed E-state index contributed by atoms with van der Waals surface area (Å²) in [4.78, 5) is 12.2. The summed E-state index contributed by atoms with van der Waals surface area (Å²) < 4.78 is 27.1. The molecular formula is C14H10BrF2NO. The van der Waals surface area contributed by atoms with Gasteiger partial charge in [-0.1, -0.05) is 0 Å². The Balaban J connectivity index is 2.53. The maximum atomic E-state index is 13.7. The van der Waals surface area contributed by atoms with Crippen LogP contribution in [0.15, 0.2) is 34.8 Å². The largest absolute Gasteiger partial charge is 0.399 e. The summed E-state index contributed by atoms with van der Waals surface area (Å²) in [5, 5.41) is 0. The first kappa shape index (κ1) is 13.7. The van der Waals surface area contributed by atoms with Crippen molar-refractivity contribution in [3.05, 3.63) is 63.1 Å². The highest BCUT2D eigenvalue weighted by Crippen LogP contribution is 2.23. The van der Waals surface area contributed by atoms with E-state index in [-0.39, 0.29) is 15.6 Å². The third-order valence-electron chi connectivity index (χ3n) is 2.62. The van der Waals surface area contributed by atoms with E-state index in [1.807, 2.05) is 0 Å². The molecule has 2 nitrogen and oxygen atoms in total. The number of hydrogen-bond donors (Lipinski definition) is 1. The van der Waals surface area contributed by atoms with Gasteiger partial charge in [-0.25, -0.2) is 8.78 Å². The van der Waals surface area contributed by atoms with E-state index in [4.69, 9.17) is 5.73 Å². The molecule has 19 heavy (non-hydrogen) atoms. The van der Waals surface area contributed by atoms with Gasteiger partial charge in [0.1, 0.15) is 11.6 Å². The number of rotatable bonds is 2. The number of carbonyl (C=O) groups excluding carboxylic acids is 1. The number of anilines is 1. The van der Waals surface area contributed by atoms with Crippen molar-refractivity contribution in [1.29, 1.82) is 0 Å². The average molecular weight is 326 g/mol. The Hall–Kier alpha value is -1.75. The zero-order chi connectivity index (χ0) is 14.2. The lowest BCUT2D eigenvalue weighted by atomic mass is 10.0. The summed E-state index contributed by atoms with van der Waals surface area (Å²) in [6.45, 7) is 1.77. The molecule has 0 saturated carbocycles. The molecule has 0 unspecified atom stereocenters. The topological polar surface area (TPSA) is 43.1 Å². The first-order valence-corrected chi connectivity index (χ1v) is 6.24. The number of halogens is 3. The Bertz CT molecular complexity index is 650. The molecule has 0 atom stereocenters. The van der Waals surface area contributed by atoms with Crippen molar-refractivity contribution >= 4 is 27.4 Å². The molecule has 2 rings (SSSR count). The Kier molecular flexibility index (Phi) is 3.66. The maximum absolute atomic E-state index is 13.7. The van der Waals surface area contributed by atoms with Crippen LogP contribution in [0.5, 0.6) is 0 Å². The maximum Gasteiger partial charge on any atom is 0.196 e. The summed E-state index contributed by atoms with van der Waals surface area (Å²) in [6.07, 6.45) is 0. The summed E-state index contributed by atoms with van der Waals surface area (Å²) in [6, 6.07) is 6.52. The van der Waals surface area contributed by atoms with Gasteiger partial charge in [-0.3, -0.25) is 4.79 Å². The fourth-order valence-corrected chi connectivity index (χ4v) is 2.11. The number of aryl methyl sites for hydroxylation is 1. The van der Waals surface area contributed by atoms with Crippen LogP contribution in [-0.4, -0.2) is 5.78 Å². The monoisotopic (exact) mass is 325 g/mol. The second-order valence-electron chi connectivity index (χ2n) is 4.21. The zero-order valence-corrected chi connectivity index (χ0v) is 11.6. The quantitative estimate of drug-likeness (QED) is 0.517. The van der Waals surface area contributed by atoms with Crippen LogP contribution in [-0.2, 0) is 0 Å². The van der Waals surface area contributed by atoms with Gasteiger partial charge in [-0.2, -0.15) is 0 Å². The second-order valence-corrected chi connectivity index (χ2v) is 5.06. The van der Waals surface area contributed by atoms with E-state index in [0.717, 1.165) is 17.7 Å². The summed E-state index contributed by atoms with van der Waals surface area (Å²) >= 11 is 2.86. The Morgan fingerprint density at radius 3 is 2.42 bits per heavy atom. The molecule has 2 aromatic rings. The van der Waals surface area contributed by atoms with E-state index < -0.39 is 17.4 Å². The van der Waals surface area contributed by atoms with Gasteiger partial charge in [-0.05, 0) is 58.7 Å². The zero-order valence-electron chi connectivity index (χ0n) is 10.0. The number of nitrogens with two attached hydrogens (primary N) is 1. The van der Waals surface area contributed by atoms with Crippen LogP contribution in [0.1, 0.15) is 21.5 Å². The van der Waals surface area contributed by atoms with Gasteiger partial charge < -0.3 is 5.73 Å². The van der Waals surface area contributed by atoms with Gasteiger partial charge in [0.05, 0.1) is 10.0 Å². The van der Waals surface area contributed by atoms with Crippen molar-refractivity contribution in [2.45, 2.75) is 6.92 Å². The highest BCUT2D eigenvalue weighted by atomic mass is 79.9. The van der Waals surface area contributed by atoms with Crippen molar-refractivity contribution in [1.82, 2.24) is 0 Å². The molecule has 98 valence electrons. The van der Waals surface area contributed by atoms with E-state index in [2.05, 4.69) is 15.9 Å². The predicted octanol–water partition coefficient (Wildman–Crippen LogP) is 3.85. The smallest absolute Gasteiger partial charge is 0.196 e. The third-order valence-corrected chi connectivity index (χ3v) is 3.22. The minimum Gasteiger partial charge on any atom is -0.399 e. The fraction of sp³-hybridized carbons (Fsp3) is 0.0714. The molecule has 0 spiro atoms. The van der Waals surface area contributed by atoms with E-state index in [0.29, 0.717) is 5.69 Å². The highest BCUT2D eigenvalue weighted by Gasteiger charge is 2.17. The van der Waals surface area contributed by atoms with E-state index in [9.17, 15) is 13.6 Å². The summed E-state index contributed by atoms with van der Waals surface area (Å²) in [7, 11) is 0. The van der Waals surface area contributed by atoms with Crippen LogP contribution < -0.4 is 5.73 Å². The van der Waals surface area contributed by atoms with Crippen LogP contribution in [0, 0.1) is 18.6 Å². The van der Waals surface area contributed by atoms with Crippen LogP contribution in [0.25, 0.3) is 0 Å². The lowest BCUT2D eigenvalue weighted by Gasteiger charge is -2.06. The molecule has 0 aliphatic rings. The number of carbonyl (C=O) groups is 1. The van der Waals surface area contributed by atoms with Crippen molar-refractivity contribution < 1.29 is 13.6 Å². The molecule has 0 fully saturated rings. The molecule has 0 bridgehead atoms. The van der Waals surface area contributed by atoms with Crippen molar-refractivity contribution in [3.63, 3.8) is 0 Å².